The standard InChI is InChI=1S/C12H17IO2/c1-3-4-7-12(14,9-10(2)13)11-6-5-8-15-11/h5-6,8,14H,2-4,7,9H2,1H3. The predicted molar refractivity (Wildman–Crippen MR) is 69.9 cm³/mol. The minimum atomic E-state index is -0.877. The summed E-state index contributed by atoms with van der Waals surface area (Å²) in [5.41, 5.74) is -0.877. The zero-order valence-electron chi connectivity index (χ0n) is 9.00. The Morgan fingerprint density at radius 1 is 1.67 bits per heavy atom. The SMILES string of the molecule is C=C(I)CC(O)(CCCC)c1ccco1. The number of furan rings is 1. The monoisotopic (exact) mass is 320 g/mol. The summed E-state index contributed by atoms with van der Waals surface area (Å²) >= 11 is 2.15. The highest BCUT2D eigenvalue weighted by atomic mass is 127. The highest BCUT2D eigenvalue weighted by molar-refractivity contribution is 14.1. The van der Waals surface area contributed by atoms with Crippen molar-refractivity contribution >= 4 is 22.6 Å². The Kier molecular flexibility index (Phi) is 4.86. The number of aliphatic hydroxyl groups is 1. The molecule has 1 atom stereocenters. The van der Waals surface area contributed by atoms with Crippen molar-refractivity contribution in [3.05, 3.63) is 34.3 Å². The third-order valence-corrected chi connectivity index (χ3v) is 2.79. The summed E-state index contributed by atoms with van der Waals surface area (Å²) in [4.78, 5) is 0. The van der Waals surface area contributed by atoms with Crippen LogP contribution in [-0.4, -0.2) is 5.11 Å². The minimum Gasteiger partial charge on any atom is -0.466 e. The summed E-state index contributed by atoms with van der Waals surface area (Å²) in [5.74, 6) is 0.647. The van der Waals surface area contributed by atoms with Gasteiger partial charge in [0.25, 0.3) is 0 Å². The smallest absolute Gasteiger partial charge is 0.135 e. The first-order chi connectivity index (χ1) is 7.08. The predicted octanol–water partition coefficient (Wildman–Crippen LogP) is 4.00. The normalized spacial score (nSPS) is 14.9. The molecule has 1 N–H and O–H groups in total. The van der Waals surface area contributed by atoms with Crippen LogP contribution in [0.1, 0.15) is 38.4 Å². The highest BCUT2D eigenvalue weighted by Gasteiger charge is 2.31. The Bertz CT molecular complexity index is 305. The number of hydrogen-bond donors (Lipinski definition) is 1. The van der Waals surface area contributed by atoms with Crippen molar-refractivity contribution in [2.45, 2.75) is 38.2 Å². The molecule has 1 aromatic heterocycles. The van der Waals surface area contributed by atoms with Crippen LogP contribution in [0.25, 0.3) is 0 Å². The Balaban J connectivity index is 2.80. The average Bonchev–Trinajstić information content (AvgIpc) is 2.66. The first kappa shape index (κ1) is 12.8. The van der Waals surface area contributed by atoms with Crippen LogP contribution in [0.15, 0.2) is 33.0 Å². The van der Waals surface area contributed by atoms with Crippen LogP contribution in [0.4, 0.5) is 0 Å². The summed E-state index contributed by atoms with van der Waals surface area (Å²) in [7, 11) is 0. The summed E-state index contributed by atoms with van der Waals surface area (Å²) in [6, 6.07) is 3.64. The molecule has 1 heterocycles. The summed E-state index contributed by atoms with van der Waals surface area (Å²) in [5, 5.41) is 10.5. The van der Waals surface area contributed by atoms with Crippen LogP contribution in [0, 0.1) is 0 Å². The second kappa shape index (κ2) is 5.70. The molecule has 0 radical (unpaired) electrons. The van der Waals surface area contributed by atoms with Gasteiger partial charge in [-0.1, -0.05) is 26.3 Å². The van der Waals surface area contributed by atoms with Crippen LogP contribution in [0.2, 0.25) is 0 Å². The quantitative estimate of drug-likeness (QED) is 0.804. The largest absolute Gasteiger partial charge is 0.466 e. The molecule has 0 saturated carbocycles. The van der Waals surface area contributed by atoms with Crippen molar-refractivity contribution in [2.24, 2.45) is 0 Å². The number of rotatable bonds is 6. The Morgan fingerprint density at radius 3 is 2.87 bits per heavy atom. The van der Waals surface area contributed by atoms with Crippen LogP contribution in [-0.2, 0) is 5.60 Å². The van der Waals surface area contributed by atoms with Crippen molar-refractivity contribution < 1.29 is 9.52 Å². The van der Waals surface area contributed by atoms with Crippen molar-refractivity contribution in [3.8, 4) is 0 Å². The third-order valence-electron chi connectivity index (χ3n) is 2.41. The molecule has 0 aromatic carbocycles. The van der Waals surface area contributed by atoms with Crippen LogP contribution >= 0.6 is 22.6 Å². The molecule has 15 heavy (non-hydrogen) atoms. The Hall–Kier alpha value is -0.290. The van der Waals surface area contributed by atoms with Gasteiger partial charge in [-0.05, 0) is 44.7 Å². The molecule has 3 heteroatoms. The lowest BCUT2D eigenvalue weighted by Crippen LogP contribution is -2.25. The first-order valence-corrected chi connectivity index (χ1v) is 6.26. The van der Waals surface area contributed by atoms with Gasteiger partial charge in [-0.15, -0.1) is 0 Å². The highest BCUT2D eigenvalue weighted by Crippen LogP contribution is 2.35. The molecular formula is C12H17IO2. The van der Waals surface area contributed by atoms with E-state index in [1.165, 1.54) is 0 Å². The van der Waals surface area contributed by atoms with Gasteiger partial charge in [0.2, 0.25) is 0 Å². The van der Waals surface area contributed by atoms with Gasteiger partial charge in [0.05, 0.1) is 6.26 Å². The van der Waals surface area contributed by atoms with Gasteiger partial charge >= 0.3 is 0 Å². The Labute approximate surface area is 105 Å². The van der Waals surface area contributed by atoms with E-state index in [0.717, 1.165) is 22.8 Å². The molecule has 0 aliphatic heterocycles. The maximum absolute atomic E-state index is 10.5. The molecule has 0 amide bonds. The number of hydrogen-bond acceptors (Lipinski definition) is 2. The molecule has 0 fully saturated rings. The maximum Gasteiger partial charge on any atom is 0.135 e. The molecule has 0 bridgehead atoms. The number of halogens is 1. The fourth-order valence-corrected chi connectivity index (χ4v) is 2.26. The van der Waals surface area contributed by atoms with Gasteiger partial charge < -0.3 is 9.52 Å². The van der Waals surface area contributed by atoms with Crippen molar-refractivity contribution in [2.75, 3.05) is 0 Å². The molecule has 0 saturated heterocycles. The van der Waals surface area contributed by atoms with Gasteiger partial charge in [-0.25, -0.2) is 0 Å². The summed E-state index contributed by atoms with van der Waals surface area (Å²) in [6.45, 7) is 5.96. The summed E-state index contributed by atoms with van der Waals surface area (Å²) in [6.07, 6.45) is 4.93. The van der Waals surface area contributed by atoms with Gasteiger partial charge in [-0.3, -0.25) is 0 Å². The molecule has 1 unspecified atom stereocenters. The van der Waals surface area contributed by atoms with E-state index >= 15 is 0 Å². The van der Waals surface area contributed by atoms with Gasteiger partial charge in [0.1, 0.15) is 11.4 Å². The van der Waals surface area contributed by atoms with Crippen LogP contribution in [0.5, 0.6) is 0 Å². The second-order valence-corrected chi connectivity index (χ2v) is 5.33. The fourth-order valence-electron chi connectivity index (χ4n) is 1.63. The molecule has 0 spiro atoms. The average molecular weight is 320 g/mol. The second-order valence-electron chi connectivity index (χ2n) is 3.81. The lowest BCUT2D eigenvalue weighted by atomic mass is 9.90. The molecule has 0 aliphatic carbocycles. The van der Waals surface area contributed by atoms with E-state index in [0.29, 0.717) is 12.2 Å². The zero-order valence-corrected chi connectivity index (χ0v) is 11.2. The molecule has 1 rings (SSSR count). The van der Waals surface area contributed by atoms with Gasteiger partial charge in [0.15, 0.2) is 0 Å². The van der Waals surface area contributed by atoms with Crippen LogP contribution in [0.3, 0.4) is 0 Å². The van der Waals surface area contributed by atoms with Crippen molar-refractivity contribution in [3.63, 3.8) is 0 Å². The van der Waals surface area contributed by atoms with E-state index in [2.05, 4.69) is 36.1 Å². The molecular weight excluding hydrogens is 303 g/mol. The minimum absolute atomic E-state index is 0.557. The lowest BCUT2D eigenvalue weighted by Gasteiger charge is -2.25. The first-order valence-electron chi connectivity index (χ1n) is 5.18. The van der Waals surface area contributed by atoms with E-state index < -0.39 is 5.60 Å². The summed E-state index contributed by atoms with van der Waals surface area (Å²) < 4.78 is 6.25. The van der Waals surface area contributed by atoms with Gasteiger partial charge in [-0.2, -0.15) is 0 Å². The van der Waals surface area contributed by atoms with E-state index in [9.17, 15) is 5.11 Å². The zero-order chi connectivity index (χ0) is 11.3. The molecule has 0 aliphatic rings. The van der Waals surface area contributed by atoms with Crippen LogP contribution < -0.4 is 0 Å². The fraction of sp³-hybridized carbons (Fsp3) is 0.500. The third kappa shape index (κ3) is 3.65. The van der Waals surface area contributed by atoms with E-state index in [1.54, 1.807) is 6.26 Å². The topological polar surface area (TPSA) is 33.4 Å². The van der Waals surface area contributed by atoms with Crippen molar-refractivity contribution in [1.29, 1.82) is 0 Å². The van der Waals surface area contributed by atoms with E-state index in [4.69, 9.17) is 4.42 Å². The Morgan fingerprint density at radius 2 is 2.40 bits per heavy atom. The molecule has 84 valence electrons. The molecule has 1 aromatic rings. The lowest BCUT2D eigenvalue weighted by molar-refractivity contribution is 0.00653. The van der Waals surface area contributed by atoms with Gasteiger partial charge in [0, 0.05) is 6.42 Å². The van der Waals surface area contributed by atoms with E-state index in [1.807, 2.05) is 12.1 Å². The van der Waals surface area contributed by atoms with Crippen molar-refractivity contribution in [1.82, 2.24) is 0 Å². The maximum atomic E-state index is 10.5. The molecule has 2 nitrogen and oxygen atoms in total. The number of unbranched alkanes of at least 4 members (excludes halogenated alkanes) is 1. The van der Waals surface area contributed by atoms with E-state index in [-0.39, 0.29) is 0 Å².